The van der Waals surface area contributed by atoms with E-state index in [-0.39, 0.29) is 30.5 Å². The first-order chi connectivity index (χ1) is 13.7. The summed E-state index contributed by atoms with van der Waals surface area (Å²) >= 11 is 0. The lowest BCUT2D eigenvalue weighted by atomic mass is 10.2. The Kier molecular flexibility index (Phi) is 6.09. The van der Waals surface area contributed by atoms with Gasteiger partial charge < -0.3 is 14.1 Å². The van der Waals surface area contributed by atoms with Crippen LogP contribution in [0.3, 0.4) is 0 Å². The van der Waals surface area contributed by atoms with E-state index in [1.165, 1.54) is 28.6 Å². The molecule has 1 aromatic carbocycles. The molecule has 0 spiro atoms. The summed E-state index contributed by atoms with van der Waals surface area (Å²) in [5.74, 6) is 0.575. The summed E-state index contributed by atoms with van der Waals surface area (Å²) in [5.41, 5.74) is 0.806. The van der Waals surface area contributed by atoms with Crippen LogP contribution in [0.1, 0.15) is 39.2 Å². The zero-order valence-corrected chi connectivity index (χ0v) is 17.5. The molecule has 0 radical (unpaired) electrons. The van der Waals surface area contributed by atoms with E-state index >= 15 is 0 Å². The van der Waals surface area contributed by atoms with Crippen molar-refractivity contribution in [1.82, 2.24) is 9.21 Å². The van der Waals surface area contributed by atoms with Gasteiger partial charge in [-0.05, 0) is 51.1 Å². The normalized spacial score (nSPS) is 15.3. The summed E-state index contributed by atoms with van der Waals surface area (Å²) in [6.45, 7) is 6.46. The van der Waals surface area contributed by atoms with Crippen LogP contribution in [-0.4, -0.2) is 62.3 Å². The van der Waals surface area contributed by atoms with Crippen LogP contribution in [0, 0.1) is 13.8 Å². The van der Waals surface area contributed by atoms with E-state index < -0.39 is 16.0 Å². The molecule has 3 rings (SSSR count). The Hall–Kier alpha value is -2.65. The second-order valence-electron chi connectivity index (χ2n) is 6.77. The van der Waals surface area contributed by atoms with Crippen LogP contribution in [0.15, 0.2) is 39.6 Å². The Morgan fingerprint density at radius 2 is 1.69 bits per heavy atom. The molecule has 0 saturated carbocycles. The Labute approximate surface area is 170 Å². The molecular formula is C20H24N2O6S. The van der Waals surface area contributed by atoms with Crippen LogP contribution < -0.4 is 0 Å². The van der Waals surface area contributed by atoms with E-state index in [9.17, 15) is 18.0 Å². The summed E-state index contributed by atoms with van der Waals surface area (Å²) in [5, 5.41) is 0. The first-order valence-corrected chi connectivity index (χ1v) is 10.8. The van der Waals surface area contributed by atoms with Crippen LogP contribution >= 0.6 is 0 Å². The zero-order chi connectivity index (χ0) is 21.2. The first kappa shape index (κ1) is 21.1. The topological polar surface area (TPSA) is 97.1 Å². The molecule has 156 valence electrons. The molecule has 9 heteroatoms. The van der Waals surface area contributed by atoms with Gasteiger partial charge in [0.15, 0.2) is 0 Å². The molecule has 1 amide bonds. The van der Waals surface area contributed by atoms with E-state index in [0.717, 1.165) is 0 Å². The third-order valence-electron chi connectivity index (χ3n) is 4.80. The molecule has 2 aromatic rings. The molecule has 0 atom stereocenters. The van der Waals surface area contributed by atoms with E-state index in [2.05, 4.69) is 0 Å². The van der Waals surface area contributed by atoms with E-state index in [1.807, 2.05) is 0 Å². The lowest BCUT2D eigenvalue weighted by Crippen LogP contribution is -2.50. The monoisotopic (exact) mass is 420 g/mol. The van der Waals surface area contributed by atoms with Gasteiger partial charge in [-0.2, -0.15) is 4.31 Å². The summed E-state index contributed by atoms with van der Waals surface area (Å²) in [7, 11) is -3.71. The molecule has 1 aromatic heterocycles. The second kappa shape index (κ2) is 8.38. The van der Waals surface area contributed by atoms with Crippen molar-refractivity contribution in [3.8, 4) is 0 Å². The van der Waals surface area contributed by atoms with Crippen molar-refractivity contribution in [2.45, 2.75) is 25.7 Å². The standard InChI is InChI=1S/C20H24N2O6S/c1-4-27-20(24)16-5-7-17(8-6-16)29(25,26)22-11-9-21(10-12-22)19(23)18-13-14(2)28-15(18)3/h5-8,13H,4,9-12H2,1-3H3. The maximum atomic E-state index is 12.9. The predicted octanol–water partition coefficient (Wildman–Crippen LogP) is 2.22. The van der Waals surface area contributed by atoms with Gasteiger partial charge in [-0.15, -0.1) is 0 Å². The van der Waals surface area contributed by atoms with Gasteiger partial charge in [-0.3, -0.25) is 4.79 Å². The Morgan fingerprint density at radius 3 is 2.21 bits per heavy atom. The molecule has 2 heterocycles. The molecule has 1 aliphatic heterocycles. The first-order valence-electron chi connectivity index (χ1n) is 9.37. The quantitative estimate of drug-likeness (QED) is 0.688. The SMILES string of the molecule is CCOC(=O)c1ccc(S(=O)(=O)N2CCN(C(=O)c3cc(C)oc3C)CC2)cc1. The number of sulfonamides is 1. The molecule has 0 bridgehead atoms. The van der Waals surface area contributed by atoms with Gasteiger partial charge in [0.05, 0.1) is 22.6 Å². The predicted molar refractivity (Wildman–Crippen MR) is 105 cm³/mol. The van der Waals surface area contributed by atoms with Crippen molar-refractivity contribution in [2.24, 2.45) is 0 Å². The fourth-order valence-corrected chi connectivity index (χ4v) is 4.69. The molecule has 8 nitrogen and oxygen atoms in total. The van der Waals surface area contributed by atoms with E-state index in [1.54, 1.807) is 31.7 Å². The van der Waals surface area contributed by atoms with Crippen LogP contribution in [0.5, 0.6) is 0 Å². The van der Waals surface area contributed by atoms with Gasteiger partial charge in [0.2, 0.25) is 10.0 Å². The van der Waals surface area contributed by atoms with Crippen molar-refractivity contribution >= 4 is 21.9 Å². The number of rotatable bonds is 5. The highest BCUT2D eigenvalue weighted by Gasteiger charge is 2.31. The van der Waals surface area contributed by atoms with E-state index in [4.69, 9.17) is 9.15 Å². The number of ether oxygens (including phenoxy) is 1. The summed E-state index contributed by atoms with van der Waals surface area (Å²) in [4.78, 5) is 26.1. The summed E-state index contributed by atoms with van der Waals surface area (Å²) in [6, 6.07) is 7.38. The van der Waals surface area contributed by atoms with Crippen molar-refractivity contribution < 1.29 is 27.2 Å². The van der Waals surface area contributed by atoms with Gasteiger partial charge in [0.25, 0.3) is 5.91 Å². The van der Waals surface area contributed by atoms with Gasteiger partial charge >= 0.3 is 5.97 Å². The number of piperazine rings is 1. The molecule has 29 heavy (non-hydrogen) atoms. The van der Waals surface area contributed by atoms with Crippen LogP contribution in [-0.2, 0) is 14.8 Å². The fourth-order valence-electron chi connectivity index (χ4n) is 3.27. The van der Waals surface area contributed by atoms with Crippen LogP contribution in [0.4, 0.5) is 0 Å². The smallest absolute Gasteiger partial charge is 0.338 e. The number of aryl methyl sites for hydroxylation is 2. The molecule has 0 N–H and O–H groups in total. The number of carbonyl (C=O) groups is 2. The number of nitrogens with zero attached hydrogens (tertiary/aromatic N) is 2. The summed E-state index contributed by atoms with van der Waals surface area (Å²) in [6.07, 6.45) is 0. The third kappa shape index (κ3) is 4.35. The molecule has 0 unspecified atom stereocenters. The molecule has 1 saturated heterocycles. The third-order valence-corrected chi connectivity index (χ3v) is 6.71. The maximum absolute atomic E-state index is 12.9. The molecule has 1 fully saturated rings. The van der Waals surface area contributed by atoms with Crippen LogP contribution in [0.2, 0.25) is 0 Å². The van der Waals surface area contributed by atoms with Gasteiger partial charge in [-0.1, -0.05) is 0 Å². The Bertz CT molecular complexity index is 1000. The second-order valence-corrected chi connectivity index (χ2v) is 8.71. The van der Waals surface area contributed by atoms with Gasteiger partial charge in [0, 0.05) is 26.2 Å². The summed E-state index contributed by atoms with van der Waals surface area (Å²) < 4.78 is 37.5. The number of carbonyl (C=O) groups excluding carboxylic acids is 2. The van der Waals surface area contributed by atoms with Crippen molar-refractivity contribution in [2.75, 3.05) is 32.8 Å². The molecule has 0 aliphatic carbocycles. The highest BCUT2D eigenvalue weighted by atomic mass is 32.2. The van der Waals surface area contributed by atoms with Gasteiger partial charge in [-0.25, -0.2) is 13.2 Å². The Balaban J connectivity index is 1.67. The average Bonchev–Trinajstić information content (AvgIpc) is 3.05. The minimum atomic E-state index is -3.71. The van der Waals surface area contributed by atoms with Gasteiger partial charge in [0.1, 0.15) is 11.5 Å². The largest absolute Gasteiger partial charge is 0.466 e. The number of hydrogen-bond donors (Lipinski definition) is 0. The minimum absolute atomic E-state index is 0.103. The highest BCUT2D eigenvalue weighted by molar-refractivity contribution is 7.89. The van der Waals surface area contributed by atoms with Crippen LogP contribution in [0.25, 0.3) is 0 Å². The van der Waals surface area contributed by atoms with Crippen molar-refractivity contribution in [1.29, 1.82) is 0 Å². The lowest BCUT2D eigenvalue weighted by Gasteiger charge is -2.34. The Morgan fingerprint density at radius 1 is 1.07 bits per heavy atom. The number of amides is 1. The number of esters is 1. The zero-order valence-electron chi connectivity index (χ0n) is 16.7. The minimum Gasteiger partial charge on any atom is -0.466 e. The fraction of sp³-hybridized carbons (Fsp3) is 0.400. The van der Waals surface area contributed by atoms with Crippen molar-refractivity contribution in [3.63, 3.8) is 0 Å². The number of benzene rings is 1. The number of hydrogen-bond acceptors (Lipinski definition) is 6. The highest BCUT2D eigenvalue weighted by Crippen LogP contribution is 2.21. The maximum Gasteiger partial charge on any atom is 0.338 e. The average molecular weight is 420 g/mol. The molecule has 1 aliphatic rings. The number of furan rings is 1. The lowest BCUT2D eigenvalue weighted by molar-refractivity contribution is 0.0526. The van der Waals surface area contributed by atoms with E-state index in [0.29, 0.717) is 35.7 Å². The molecular weight excluding hydrogens is 396 g/mol. The van der Waals surface area contributed by atoms with Crippen molar-refractivity contribution in [3.05, 3.63) is 53.0 Å².